The number of carboxylic acids is 1. The van der Waals surface area contributed by atoms with Crippen molar-refractivity contribution in [2.75, 3.05) is 6.54 Å². The largest absolute Gasteiger partial charge is 0.480 e. The number of ketones is 1. The number of carbonyl (C=O) groups excluding carboxylic acids is 1. The Morgan fingerprint density at radius 3 is 2.00 bits per heavy atom. The molecular weight excluding hydrogens is 266 g/mol. The first-order valence-corrected chi connectivity index (χ1v) is 8.48. The molecule has 0 aromatic rings. The standard InChI is InChI=1S/C17H25NO3/c1-11(19)17(15(20)21)3-2-4-18(17)16-8-12-5-13(9-16)7-14(6-12)10-16/h12-14H,2-10H2,1H3,(H,20,21)/t12?,13?,14?,16?,17-/m1/s1. The molecule has 1 aliphatic heterocycles. The average Bonchev–Trinajstić information content (AvgIpc) is 2.83. The molecule has 1 N–H and O–H groups in total. The Bertz CT molecular complexity index is 449. The first kappa shape index (κ1) is 13.7. The molecule has 4 saturated carbocycles. The number of likely N-dealkylation sites (tertiary alicyclic amines) is 1. The van der Waals surface area contributed by atoms with E-state index in [0.29, 0.717) is 6.42 Å². The molecule has 5 fully saturated rings. The molecule has 4 nitrogen and oxygen atoms in total. The number of carbonyl (C=O) groups is 2. The van der Waals surface area contributed by atoms with E-state index in [1.54, 1.807) is 0 Å². The lowest BCUT2D eigenvalue weighted by atomic mass is 9.52. The van der Waals surface area contributed by atoms with Crippen molar-refractivity contribution >= 4 is 11.8 Å². The van der Waals surface area contributed by atoms with Gasteiger partial charge < -0.3 is 5.11 Å². The van der Waals surface area contributed by atoms with E-state index in [-0.39, 0.29) is 11.3 Å². The van der Waals surface area contributed by atoms with Crippen LogP contribution in [0.5, 0.6) is 0 Å². The van der Waals surface area contributed by atoms with Crippen molar-refractivity contribution in [2.24, 2.45) is 17.8 Å². The van der Waals surface area contributed by atoms with E-state index in [1.807, 2.05) is 0 Å². The summed E-state index contributed by atoms with van der Waals surface area (Å²) >= 11 is 0. The predicted octanol–water partition coefficient (Wildman–Crippen LogP) is 2.46. The van der Waals surface area contributed by atoms with Crippen LogP contribution in [0.25, 0.3) is 0 Å². The van der Waals surface area contributed by atoms with Gasteiger partial charge in [-0.05, 0) is 76.0 Å². The summed E-state index contributed by atoms with van der Waals surface area (Å²) in [5.41, 5.74) is -1.22. The van der Waals surface area contributed by atoms with Gasteiger partial charge in [-0.25, -0.2) is 4.79 Å². The fourth-order valence-electron chi connectivity index (χ4n) is 6.60. The van der Waals surface area contributed by atoms with Crippen LogP contribution in [0, 0.1) is 17.8 Å². The van der Waals surface area contributed by atoms with Gasteiger partial charge in [0.2, 0.25) is 0 Å². The molecule has 5 rings (SSSR count). The molecule has 116 valence electrons. The van der Waals surface area contributed by atoms with Crippen LogP contribution in [0.15, 0.2) is 0 Å². The molecule has 0 aromatic heterocycles. The molecule has 1 heterocycles. The number of carboxylic acid groups (broad SMARTS) is 1. The lowest BCUT2D eigenvalue weighted by molar-refractivity contribution is -0.170. The second kappa shape index (κ2) is 4.31. The number of nitrogens with zero attached hydrogens (tertiary/aromatic N) is 1. The highest BCUT2D eigenvalue weighted by atomic mass is 16.4. The van der Waals surface area contributed by atoms with Gasteiger partial charge in [-0.1, -0.05) is 0 Å². The Hall–Kier alpha value is -0.900. The molecule has 0 radical (unpaired) electrons. The molecule has 0 unspecified atom stereocenters. The Kier molecular flexibility index (Phi) is 2.82. The lowest BCUT2D eigenvalue weighted by Crippen LogP contribution is -2.68. The molecular formula is C17H25NO3. The average molecular weight is 291 g/mol. The van der Waals surface area contributed by atoms with Crippen LogP contribution in [0.4, 0.5) is 0 Å². The van der Waals surface area contributed by atoms with Crippen molar-refractivity contribution in [3.8, 4) is 0 Å². The summed E-state index contributed by atoms with van der Waals surface area (Å²) < 4.78 is 0. The summed E-state index contributed by atoms with van der Waals surface area (Å²) in [7, 11) is 0. The maximum absolute atomic E-state index is 12.3. The van der Waals surface area contributed by atoms with Crippen molar-refractivity contribution in [1.82, 2.24) is 4.90 Å². The minimum absolute atomic E-state index is 0.00924. The number of Topliss-reactive ketones (excluding diaryl/α,β-unsaturated/α-hetero) is 1. The van der Waals surface area contributed by atoms with Crippen molar-refractivity contribution < 1.29 is 14.7 Å². The van der Waals surface area contributed by atoms with Gasteiger partial charge in [0.05, 0.1) is 0 Å². The Morgan fingerprint density at radius 2 is 1.57 bits per heavy atom. The van der Waals surface area contributed by atoms with Crippen molar-refractivity contribution in [1.29, 1.82) is 0 Å². The lowest BCUT2D eigenvalue weighted by Gasteiger charge is -2.62. The van der Waals surface area contributed by atoms with Gasteiger partial charge in [0.25, 0.3) is 0 Å². The molecule has 4 bridgehead atoms. The second-order valence-electron chi connectivity index (χ2n) is 8.12. The monoisotopic (exact) mass is 291 g/mol. The zero-order chi connectivity index (χ0) is 14.8. The highest BCUT2D eigenvalue weighted by Gasteiger charge is 2.62. The molecule has 1 saturated heterocycles. The summed E-state index contributed by atoms with van der Waals surface area (Å²) in [5, 5.41) is 9.84. The molecule has 0 spiro atoms. The van der Waals surface area contributed by atoms with Crippen LogP contribution < -0.4 is 0 Å². The van der Waals surface area contributed by atoms with Crippen LogP contribution >= 0.6 is 0 Å². The highest BCUT2D eigenvalue weighted by molar-refractivity contribution is 6.07. The summed E-state index contributed by atoms with van der Waals surface area (Å²) in [6.45, 7) is 2.27. The van der Waals surface area contributed by atoms with Crippen LogP contribution in [-0.4, -0.2) is 39.4 Å². The highest BCUT2D eigenvalue weighted by Crippen LogP contribution is 2.60. The van der Waals surface area contributed by atoms with E-state index in [1.165, 1.54) is 26.2 Å². The van der Waals surface area contributed by atoms with Gasteiger partial charge in [0, 0.05) is 12.1 Å². The fraction of sp³-hybridized carbons (Fsp3) is 0.882. The van der Waals surface area contributed by atoms with Gasteiger partial charge in [0.1, 0.15) is 0 Å². The van der Waals surface area contributed by atoms with Crippen molar-refractivity contribution in [3.05, 3.63) is 0 Å². The number of hydrogen-bond donors (Lipinski definition) is 1. The van der Waals surface area contributed by atoms with Crippen LogP contribution in [0.2, 0.25) is 0 Å². The molecule has 4 heteroatoms. The zero-order valence-corrected chi connectivity index (χ0v) is 12.8. The molecule has 0 aromatic carbocycles. The minimum atomic E-state index is -1.23. The topological polar surface area (TPSA) is 57.6 Å². The summed E-state index contributed by atoms with van der Waals surface area (Å²) in [6, 6.07) is 0. The molecule has 4 aliphatic carbocycles. The third kappa shape index (κ3) is 1.71. The van der Waals surface area contributed by atoms with E-state index < -0.39 is 11.5 Å². The Labute approximate surface area is 125 Å². The second-order valence-corrected chi connectivity index (χ2v) is 8.12. The summed E-state index contributed by atoms with van der Waals surface area (Å²) in [6.07, 6.45) is 8.74. The van der Waals surface area contributed by atoms with Gasteiger partial charge in [-0.15, -0.1) is 0 Å². The molecule has 21 heavy (non-hydrogen) atoms. The van der Waals surface area contributed by atoms with Gasteiger partial charge >= 0.3 is 5.97 Å². The quantitative estimate of drug-likeness (QED) is 0.812. The van der Waals surface area contributed by atoms with E-state index in [9.17, 15) is 14.7 Å². The summed E-state index contributed by atoms with van der Waals surface area (Å²) in [5.74, 6) is 1.24. The van der Waals surface area contributed by atoms with Crippen LogP contribution in [0.3, 0.4) is 0 Å². The van der Waals surface area contributed by atoms with E-state index in [2.05, 4.69) is 4.90 Å². The van der Waals surface area contributed by atoms with Gasteiger partial charge in [-0.3, -0.25) is 9.69 Å². The first-order valence-electron chi connectivity index (χ1n) is 8.48. The molecule has 0 amide bonds. The van der Waals surface area contributed by atoms with Crippen LogP contribution in [0.1, 0.15) is 58.3 Å². The summed E-state index contributed by atoms with van der Waals surface area (Å²) in [4.78, 5) is 26.5. The van der Waals surface area contributed by atoms with Gasteiger partial charge in [-0.2, -0.15) is 0 Å². The predicted molar refractivity (Wildman–Crippen MR) is 77.9 cm³/mol. The van der Waals surface area contributed by atoms with E-state index >= 15 is 0 Å². The first-order chi connectivity index (χ1) is 9.96. The maximum atomic E-state index is 12.3. The van der Waals surface area contributed by atoms with E-state index in [4.69, 9.17) is 0 Å². The third-order valence-electron chi connectivity index (χ3n) is 6.90. The minimum Gasteiger partial charge on any atom is -0.480 e. The van der Waals surface area contributed by atoms with Crippen LogP contribution in [-0.2, 0) is 9.59 Å². The normalized spacial score (nSPS) is 48.7. The van der Waals surface area contributed by atoms with Crippen molar-refractivity contribution in [3.63, 3.8) is 0 Å². The maximum Gasteiger partial charge on any atom is 0.331 e. The molecule has 1 atom stereocenters. The zero-order valence-electron chi connectivity index (χ0n) is 12.8. The number of aliphatic carboxylic acids is 1. The number of rotatable bonds is 3. The smallest absolute Gasteiger partial charge is 0.331 e. The fourth-order valence-corrected chi connectivity index (χ4v) is 6.60. The Morgan fingerprint density at radius 1 is 1.05 bits per heavy atom. The number of hydrogen-bond acceptors (Lipinski definition) is 3. The van der Waals surface area contributed by atoms with Gasteiger partial charge in [0.15, 0.2) is 11.3 Å². The van der Waals surface area contributed by atoms with E-state index in [0.717, 1.165) is 50.0 Å². The molecule has 5 aliphatic rings. The SMILES string of the molecule is CC(=O)[C@@]1(C(=O)O)CCCN1C12CC3CC(CC(C3)C1)C2. The Balaban J connectivity index is 1.75. The van der Waals surface area contributed by atoms with Crippen molar-refractivity contribution in [2.45, 2.75) is 69.4 Å². The third-order valence-corrected chi connectivity index (χ3v) is 6.90.